The molecule has 6 heteroatoms. The Kier molecular flexibility index (Phi) is 7.43. The van der Waals surface area contributed by atoms with E-state index >= 15 is 0 Å². The highest BCUT2D eigenvalue weighted by molar-refractivity contribution is 5.94. The van der Waals surface area contributed by atoms with Crippen LogP contribution < -0.4 is 10.2 Å². The summed E-state index contributed by atoms with van der Waals surface area (Å²) in [5.41, 5.74) is 4.00. The van der Waals surface area contributed by atoms with Gasteiger partial charge in [-0.3, -0.25) is 9.20 Å². The number of hydrogen-bond donors (Lipinski definition) is 1. The molecule has 1 aliphatic rings. The second kappa shape index (κ2) is 10.6. The molecule has 0 saturated carbocycles. The summed E-state index contributed by atoms with van der Waals surface area (Å²) in [7, 11) is 2.12. The number of rotatable bonds is 10. The number of carbonyl (C=O) groups is 1. The third-order valence-corrected chi connectivity index (χ3v) is 6.34. The molecule has 6 nitrogen and oxygen atoms in total. The highest BCUT2D eigenvalue weighted by atomic mass is 16.1. The van der Waals surface area contributed by atoms with Crippen molar-refractivity contribution in [1.29, 1.82) is 0 Å². The van der Waals surface area contributed by atoms with Gasteiger partial charge < -0.3 is 15.1 Å². The van der Waals surface area contributed by atoms with Gasteiger partial charge in [-0.2, -0.15) is 0 Å². The first kappa shape index (κ1) is 22.3. The van der Waals surface area contributed by atoms with Gasteiger partial charge in [-0.1, -0.05) is 37.3 Å². The van der Waals surface area contributed by atoms with Gasteiger partial charge in [-0.05, 0) is 62.9 Å². The fraction of sp³-hybridized carbons (Fsp3) is 0.462. The SMILES string of the molecule is CCc1nc2ccc(C(=O)NCCN3CCCC3)cn2c1N(C)CCCc1ccccc1. The second-order valence-corrected chi connectivity index (χ2v) is 8.70. The average molecular weight is 434 g/mol. The van der Waals surface area contributed by atoms with E-state index in [2.05, 4.69) is 63.8 Å². The summed E-state index contributed by atoms with van der Waals surface area (Å²) >= 11 is 0. The van der Waals surface area contributed by atoms with Crippen LogP contribution in [0.25, 0.3) is 5.65 Å². The number of aryl methyl sites for hydroxylation is 2. The minimum atomic E-state index is -0.0180. The highest BCUT2D eigenvalue weighted by Crippen LogP contribution is 2.23. The van der Waals surface area contributed by atoms with Crippen molar-refractivity contribution in [1.82, 2.24) is 19.6 Å². The van der Waals surface area contributed by atoms with Crippen molar-refractivity contribution in [3.05, 3.63) is 65.5 Å². The predicted molar refractivity (Wildman–Crippen MR) is 131 cm³/mol. The van der Waals surface area contributed by atoms with Crippen LogP contribution in [0.2, 0.25) is 0 Å². The number of likely N-dealkylation sites (tertiary alicyclic amines) is 1. The number of benzene rings is 1. The minimum absolute atomic E-state index is 0.0180. The number of nitrogens with one attached hydrogen (secondary N) is 1. The van der Waals surface area contributed by atoms with Crippen molar-refractivity contribution in [2.45, 2.75) is 39.0 Å². The van der Waals surface area contributed by atoms with Gasteiger partial charge in [-0.25, -0.2) is 4.98 Å². The highest BCUT2D eigenvalue weighted by Gasteiger charge is 2.17. The van der Waals surface area contributed by atoms with Crippen molar-refractivity contribution in [2.75, 3.05) is 44.7 Å². The van der Waals surface area contributed by atoms with Gasteiger partial charge in [0.15, 0.2) is 0 Å². The molecule has 2 aromatic heterocycles. The number of hydrogen-bond acceptors (Lipinski definition) is 4. The molecule has 4 rings (SSSR count). The van der Waals surface area contributed by atoms with Crippen LogP contribution in [0.3, 0.4) is 0 Å². The number of aromatic nitrogens is 2. The lowest BCUT2D eigenvalue weighted by molar-refractivity contribution is 0.0949. The van der Waals surface area contributed by atoms with E-state index in [1.807, 2.05) is 18.3 Å². The normalized spacial score (nSPS) is 14.2. The molecule has 1 fully saturated rings. The Balaban J connectivity index is 1.44. The molecule has 0 spiro atoms. The number of carbonyl (C=O) groups excluding carboxylic acids is 1. The van der Waals surface area contributed by atoms with E-state index in [0.29, 0.717) is 12.1 Å². The predicted octanol–water partition coefficient (Wildman–Crippen LogP) is 3.79. The Morgan fingerprint density at radius 2 is 1.91 bits per heavy atom. The van der Waals surface area contributed by atoms with E-state index in [-0.39, 0.29) is 5.91 Å². The fourth-order valence-corrected chi connectivity index (χ4v) is 4.56. The molecule has 1 aliphatic heterocycles. The van der Waals surface area contributed by atoms with Gasteiger partial charge in [0.2, 0.25) is 0 Å². The van der Waals surface area contributed by atoms with E-state index in [1.54, 1.807) is 0 Å². The molecule has 0 unspecified atom stereocenters. The Labute approximate surface area is 191 Å². The summed E-state index contributed by atoms with van der Waals surface area (Å²) in [5.74, 6) is 1.07. The maximum Gasteiger partial charge on any atom is 0.252 e. The monoisotopic (exact) mass is 433 g/mol. The van der Waals surface area contributed by atoms with Gasteiger partial charge in [0.1, 0.15) is 11.5 Å². The quantitative estimate of drug-likeness (QED) is 0.529. The maximum atomic E-state index is 12.8. The minimum Gasteiger partial charge on any atom is -0.359 e. The van der Waals surface area contributed by atoms with E-state index in [0.717, 1.165) is 62.6 Å². The van der Waals surface area contributed by atoms with Gasteiger partial charge in [-0.15, -0.1) is 0 Å². The summed E-state index contributed by atoms with van der Waals surface area (Å²) in [6.45, 7) is 6.98. The van der Waals surface area contributed by atoms with Crippen molar-refractivity contribution in [2.24, 2.45) is 0 Å². The van der Waals surface area contributed by atoms with Crippen LogP contribution in [0.5, 0.6) is 0 Å². The van der Waals surface area contributed by atoms with Crippen LogP contribution in [0, 0.1) is 0 Å². The average Bonchev–Trinajstić information content (AvgIpc) is 3.46. The van der Waals surface area contributed by atoms with E-state index < -0.39 is 0 Å². The van der Waals surface area contributed by atoms with Crippen LogP contribution in [0.4, 0.5) is 5.82 Å². The number of fused-ring (bicyclic) bond motifs is 1. The first-order chi connectivity index (χ1) is 15.7. The fourth-order valence-electron chi connectivity index (χ4n) is 4.56. The molecule has 3 heterocycles. The lowest BCUT2D eigenvalue weighted by Crippen LogP contribution is -2.33. The molecule has 3 aromatic rings. The zero-order valence-corrected chi connectivity index (χ0v) is 19.4. The summed E-state index contributed by atoms with van der Waals surface area (Å²) in [6.07, 6.45) is 7.45. The summed E-state index contributed by atoms with van der Waals surface area (Å²) < 4.78 is 2.08. The Morgan fingerprint density at radius 3 is 2.66 bits per heavy atom. The van der Waals surface area contributed by atoms with Gasteiger partial charge in [0.25, 0.3) is 5.91 Å². The van der Waals surface area contributed by atoms with Crippen LogP contribution in [-0.2, 0) is 12.8 Å². The molecule has 0 atom stereocenters. The summed E-state index contributed by atoms with van der Waals surface area (Å²) in [5, 5.41) is 3.08. The maximum absolute atomic E-state index is 12.8. The molecular formula is C26H35N5O. The van der Waals surface area contributed by atoms with Gasteiger partial charge >= 0.3 is 0 Å². The van der Waals surface area contributed by atoms with Crippen molar-refractivity contribution in [3.63, 3.8) is 0 Å². The number of amides is 1. The summed E-state index contributed by atoms with van der Waals surface area (Å²) in [6, 6.07) is 14.4. The van der Waals surface area contributed by atoms with Crippen molar-refractivity contribution >= 4 is 17.4 Å². The molecule has 1 amide bonds. The zero-order valence-electron chi connectivity index (χ0n) is 19.4. The molecule has 0 radical (unpaired) electrons. The Bertz CT molecular complexity index is 1020. The van der Waals surface area contributed by atoms with E-state index in [1.165, 1.54) is 18.4 Å². The first-order valence-corrected chi connectivity index (χ1v) is 11.9. The molecule has 170 valence electrons. The Hall–Kier alpha value is -2.86. The molecule has 0 aliphatic carbocycles. The largest absolute Gasteiger partial charge is 0.359 e. The lowest BCUT2D eigenvalue weighted by atomic mass is 10.1. The molecule has 1 saturated heterocycles. The van der Waals surface area contributed by atoms with Gasteiger partial charge in [0.05, 0.1) is 11.3 Å². The number of pyridine rings is 1. The van der Waals surface area contributed by atoms with Crippen LogP contribution >= 0.6 is 0 Å². The third-order valence-electron chi connectivity index (χ3n) is 6.34. The number of anilines is 1. The second-order valence-electron chi connectivity index (χ2n) is 8.70. The standard InChI is InChI=1S/C26H35N5O/c1-3-23-26(29(2)16-9-12-21-10-5-4-6-11-21)31-20-22(13-14-24(31)28-23)25(32)27-15-19-30-17-7-8-18-30/h4-6,10-11,13-14,20H,3,7-9,12,15-19H2,1-2H3,(H,27,32). The van der Waals surface area contributed by atoms with Gasteiger partial charge in [0, 0.05) is 32.9 Å². The molecule has 0 bridgehead atoms. The molecular weight excluding hydrogens is 398 g/mol. The third kappa shape index (κ3) is 5.30. The summed E-state index contributed by atoms with van der Waals surface area (Å²) in [4.78, 5) is 22.3. The zero-order chi connectivity index (χ0) is 22.3. The van der Waals surface area contributed by atoms with Crippen LogP contribution in [-0.4, -0.2) is 60.0 Å². The van der Waals surface area contributed by atoms with Crippen molar-refractivity contribution < 1.29 is 4.79 Å². The smallest absolute Gasteiger partial charge is 0.252 e. The molecule has 32 heavy (non-hydrogen) atoms. The topological polar surface area (TPSA) is 52.9 Å². The number of imidazole rings is 1. The lowest BCUT2D eigenvalue weighted by Gasteiger charge is -2.20. The van der Waals surface area contributed by atoms with E-state index in [9.17, 15) is 4.79 Å². The first-order valence-electron chi connectivity index (χ1n) is 11.9. The van der Waals surface area contributed by atoms with Crippen LogP contribution in [0.1, 0.15) is 47.8 Å². The molecule has 1 N–H and O–H groups in total. The van der Waals surface area contributed by atoms with Crippen LogP contribution in [0.15, 0.2) is 48.7 Å². The number of nitrogens with zero attached hydrogens (tertiary/aromatic N) is 4. The van der Waals surface area contributed by atoms with E-state index in [4.69, 9.17) is 4.98 Å². The van der Waals surface area contributed by atoms with Crippen molar-refractivity contribution in [3.8, 4) is 0 Å². The molecule has 1 aromatic carbocycles. The Morgan fingerprint density at radius 1 is 1.12 bits per heavy atom.